The van der Waals surface area contributed by atoms with Gasteiger partial charge < -0.3 is 4.90 Å². The van der Waals surface area contributed by atoms with Gasteiger partial charge in [0.2, 0.25) is 11.8 Å². The molecule has 3 aliphatic heterocycles. The third-order valence-corrected chi connectivity index (χ3v) is 6.46. The number of nitro groups is 1. The molecule has 2 saturated heterocycles. The van der Waals surface area contributed by atoms with Gasteiger partial charge in [-0.15, -0.1) is 0 Å². The third kappa shape index (κ3) is 2.86. The number of nitrogens with zero attached hydrogens (tertiary/aromatic N) is 3. The van der Waals surface area contributed by atoms with Crippen LogP contribution >= 0.6 is 0 Å². The Morgan fingerprint density at radius 1 is 1.17 bits per heavy atom. The van der Waals surface area contributed by atoms with E-state index in [0.717, 1.165) is 29.8 Å². The molecule has 1 aromatic rings. The molecule has 3 aliphatic rings. The normalized spacial score (nSPS) is 26.8. The summed E-state index contributed by atoms with van der Waals surface area (Å²) in [6.07, 6.45) is 3.43. The predicted molar refractivity (Wildman–Crippen MR) is 109 cm³/mol. The maximum absolute atomic E-state index is 13.8. The van der Waals surface area contributed by atoms with Gasteiger partial charge in [0, 0.05) is 36.3 Å². The number of nitrogens with one attached hydrogen (secondary N) is 1. The van der Waals surface area contributed by atoms with Crippen LogP contribution in [0.25, 0.3) is 0 Å². The summed E-state index contributed by atoms with van der Waals surface area (Å²) >= 11 is 0. The fourth-order valence-corrected chi connectivity index (χ4v) is 5.15. The highest BCUT2D eigenvalue weighted by Gasteiger charge is 2.63. The van der Waals surface area contributed by atoms with E-state index < -0.39 is 39.8 Å². The molecule has 2 fully saturated rings. The summed E-state index contributed by atoms with van der Waals surface area (Å²) in [5.41, 5.74) is -0.960. The first-order valence-corrected chi connectivity index (χ1v) is 10.3. The summed E-state index contributed by atoms with van der Waals surface area (Å²) in [7, 11) is 0. The predicted octanol–water partition coefficient (Wildman–Crippen LogP) is 2.76. The summed E-state index contributed by atoms with van der Waals surface area (Å²) in [6.45, 7) is 5.91. The van der Waals surface area contributed by atoms with Crippen LogP contribution < -0.4 is 10.2 Å². The molecule has 1 spiro atoms. The molecule has 9 heteroatoms. The number of non-ortho nitro benzene ring substituents is 1. The molecule has 2 atom stereocenters. The van der Waals surface area contributed by atoms with Crippen LogP contribution in [-0.2, 0) is 16.0 Å². The Labute approximate surface area is 174 Å². The minimum absolute atomic E-state index is 0.0374. The van der Waals surface area contributed by atoms with Crippen LogP contribution in [-0.4, -0.2) is 45.8 Å². The van der Waals surface area contributed by atoms with Crippen LogP contribution in [0.1, 0.15) is 52.0 Å². The number of nitro benzene ring substituents is 1. The van der Waals surface area contributed by atoms with Crippen molar-refractivity contribution in [2.24, 2.45) is 5.41 Å². The minimum atomic E-state index is -1.49. The van der Waals surface area contributed by atoms with Gasteiger partial charge in [-0.3, -0.25) is 29.9 Å². The van der Waals surface area contributed by atoms with Crippen molar-refractivity contribution in [2.75, 3.05) is 11.4 Å². The summed E-state index contributed by atoms with van der Waals surface area (Å²) in [6, 6.07) is 3.52. The summed E-state index contributed by atoms with van der Waals surface area (Å²) < 4.78 is 0. The van der Waals surface area contributed by atoms with Gasteiger partial charge in [0.1, 0.15) is 0 Å². The Morgan fingerprint density at radius 3 is 2.57 bits per heavy atom. The Morgan fingerprint density at radius 2 is 1.90 bits per heavy atom. The Bertz CT molecular complexity index is 953. The van der Waals surface area contributed by atoms with E-state index in [4.69, 9.17) is 0 Å². The number of benzene rings is 1. The number of carbonyl (C=O) groups excluding carboxylic acids is 3. The molecule has 3 heterocycles. The van der Waals surface area contributed by atoms with Crippen molar-refractivity contribution in [2.45, 2.75) is 64.5 Å². The zero-order chi connectivity index (χ0) is 21.8. The zero-order valence-corrected chi connectivity index (χ0v) is 17.4. The van der Waals surface area contributed by atoms with E-state index in [1.54, 1.807) is 26.8 Å². The quantitative estimate of drug-likeness (QED) is 0.429. The van der Waals surface area contributed by atoms with Crippen LogP contribution in [0.2, 0.25) is 0 Å². The molecule has 4 rings (SSSR count). The molecule has 2 unspecified atom stereocenters. The maximum Gasteiger partial charge on any atom is 0.331 e. The number of carbonyl (C=O) groups is 3. The highest BCUT2D eigenvalue weighted by molar-refractivity contribution is 6.20. The van der Waals surface area contributed by atoms with Crippen molar-refractivity contribution in [1.29, 1.82) is 0 Å². The number of hydrogen-bond donors (Lipinski definition) is 1. The van der Waals surface area contributed by atoms with Gasteiger partial charge in [0.05, 0.1) is 11.0 Å². The van der Waals surface area contributed by atoms with Crippen molar-refractivity contribution in [3.05, 3.63) is 33.9 Å². The largest absolute Gasteiger partial charge is 0.367 e. The number of barbiturate groups is 1. The fraction of sp³-hybridized carbons (Fsp3) is 0.571. The molecule has 160 valence electrons. The smallest absolute Gasteiger partial charge is 0.331 e. The summed E-state index contributed by atoms with van der Waals surface area (Å²) in [5.74, 6) is -1.12. The lowest BCUT2D eigenvalue weighted by Gasteiger charge is -2.53. The molecule has 0 saturated carbocycles. The molecule has 1 N–H and O–H groups in total. The molecule has 0 aliphatic carbocycles. The van der Waals surface area contributed by atoms with Gasteiger partial charge in [0.25, 0.3) is 5.69 Å². The number of urea groups is 1. The molecule has 30 heavy (non-hydrogen) atoms. The second kappa shape index (κ2) is 6.78. The van der Waals surface area contributed by atoms with E-state index in [2.05, 4.69) is 10.2 Å². The highest BCUT2D eigenvalue weighted by atomic mass is 16.6. The van der Waals surface area contributed by atoms with E-state index in [9.17, 15) is 24.5 Å². The number of rotatable bonds is 1. The van der Waals surface area contributed by atoms with E-state index in [0.29, 0.717) is 18.5 Å². The van der Waals surface area contributed by atoms with Crippen molar-refractivity contribution in [1.82, 2.24) is 10.2 Å². The molecule has 0 bridgehead atoms. The Kier molecular flexibility index (Phi) is 4.59. The van der Waals surface area contributed by atoms with Crippen LogP contribution in [0.5, 0.6) is 0 Å². The number of fused-ring (bicyclic) bond motifs is 4. The molecule has 9 nitrogen and oxygen atoms in total. The molecule has 0 aromatic heterocycles. The summed E-state index contributed by atoms with van der Waals surface area (Å²) in [5, 5.41) is 13.8. The fourth-order valence-electron chi connectivity index (χ4n) is 5.15. The van der Waals surface area contributed by atoms with Crippen LogP contribution in [0.15, 0.2) is 18.2 Å². The maximum atomic E-state index is 13.8. The number of imide groups is 2. The SMILES string of the molecule is CC(C)(C)N1C(=O)NC(=O)C2(Cc3cc([N+](=O)[O-])ccc3N3CCCCCC32)C1=O. The van der Waals surface area contributed by atoms with Gasteiger partial charge in [-0.1, -0.05) is 12.8 Å². The first kappa shape index (κ1) is 20.3. The first-order valence-electron chi connectivity index (χ1n) is 10.3. The van der Waals surface area contributed by atoms with Gasteiger partial charge in [-0.2, -0.15) is 0 Å². The lowest BCUT2D eigenvalue weighted by Crippen LogP contribution is -2.74. The lowest BCUT2D eigenvalue weighted by atomic mass is 9.67. The second-order valence-corrected chi connectivity index (χ2v) is 9.35. The van der Waals surface area contributed by atoms with Gasteiger partial charge in [-0.25, -0.2) is 4.79 Å². The molecule has 4 amide bonds. The van der Waals surface area contributed by atoms with Crippen molar-refractivity contribution in [3.63, 3.8) is 0 Å². The van der Waals surface area contributed by atoms with Crippen LogP contribution in [0.4, 0.5) is 16.2 Å². The van der Waals surface area contributed by atoms with E-state index in [1.165, 1.54) is 12.1 Å². The number of amides is 4. The summed E-state index contributed by atoms with van der Waals surface area (Å²) in [4.78, 5) is 53.8. The van der Waals surface area contributed by atoms with Crippen LogP contribution in [0, 0.1) is 15.5 Å². The lowest BCUT2D eigenvalue weighted by molar-refractivity contribution is -0.384. The average molecular weight is 414 g/mol. The second-order valence-electron chi connectivity index (χ2n) is 9.35. The Hall–Kier alpha value is -2.97. The van der Waals surface area contributed by atoms with Crippen molar-refractivity contribution in [3.8, 4) is 0 Å². The molecular weight excluding hydrogens is 388 g/mol. The monoisotopic (exact) mass is 414 g/mol. The number of anilines is 1. The molecule has 1 aromatic carbocycles. The minimum Gasteiger partial charge on any atom is -0.367 e. The average Bonchev–Trinajstić information content (AvgIpc) is 2.91. The van der Waals surface area contributed by atoms with Gasteiger partial charge >= 0.3 is 6.03 Å². The molecule has 0 radical (unpaired) electrons. The number of hydrogen-bond acceptors (Lipinski definition) is 6. The van der Waals surface area contributed by atoms with Crippen molar-refractivity contribution < 1.29 is 19.3 Å². The topological polar surface area (TPSA) is 113 Å². The van der Waals surface area contributed by atoms with E-state index >= 15 is 0 Å². The molecular formula is C21H26N4O5. The van der Waals surface area contributed by atoms with Crippen molar-refractivity contribution >= 4 is 29.2 Å². The zero-order valence-electron chi connectivity index (χ0n) is 17.4. The van der Waals surface area contributed by atoms with Gasteiger partial charge in [0.15, 0.2) is 5.41 Å². The standard InChI is InChI=1S/C21H26N4O5/c1-20(2,3)24-18(27)21(17(26)22-19(24)28)12-13-11-14(25(29)30)8-9-15(13)23-10-6-4-5-7-16(21)23/h8-9,11,16H,4-7,10,12H2,1-3H3,(H,22,26,28). The van der Waals surface area contributed by atoms with E-state index in [1.807, 2.05) is 0 Å². The third-order valence-electron chi connectivity index (χ3n) is 6.46. The first-order chi connectivity index (χ1) is 14.1. The van der Waals surface area contributed by atoms with Crippen LogP contribution in [0.3, 0.4) is 0 Å². The van der Waals surface area contributed by atoms with E-state index in [-0.39, 0.29) is 12.1 Å². The van der Waals surface area contributed by atoms with Gasteiger partial charge in [-0.05, 0) is 45.2 Å². The highest BCUT2D eigenvalue weighted by Crippen LogP contribution is 2.48. The Balaban J connectivity index is 1.92.